The molecule has 0 saturated carbocycles. The Labute approximate surface area is 164 Å². The zero-order valence-corrected chi connectivity index (χ0v) is 15.9. The van der Waals surface area contributed by atoms with E-state index in [4.69, 9.17) is 4.74 Å². The minimum atomic E-state index is -0.474. The zero-order valence-electron chi connectivity index (χ0n) is 15.1. The predicted octanol–water partition coefficient (Wildman–Crippen LogP) is 3.38. The third-order valence-electron chi connectivity index (χ3n) is 4.24. The lowest BCUT2D eigenvalue weighted by Gasteiger charge is -2.04. The second kappa shape index (κ2) is 7.85. The summed E-state index contributed by atoms with van der Waals surface area (Å²) in [5.74, 6) is 0.408. The van der Waals surface area contributed by atoms with Gasteiger partial charge in [-0.05, 0) is 23.3 Å². The molecule has 0 aliphatic rings. The predicted molar refractivity (Wildman–Crippen MR) is 105 cm³/mol. The number of ether oxygens (including phenoxy) is 1. The number of thioether (sulfide) groups is 1. The van der Waals surface area contributed by atoms with Crippen molar-refractivity contribution in [1.29, 1.82) is 0 Å². The molecular weight excluding hydrogens is 379 g/mol. The number of nitrogens with zero attached hydrogens (tertiary/aromatic N) is 4. The molecule has 0 aliphatic heterocycles. The fourth-order valence-electron chi connectivity index (χ4n) is 2.84. The van der Waals surface area contributed by atoms with Crippen LogP contribution in [0.2, 0.25) is 0 Å². The number of methoxy groups -OCH3 is 1. The highest BCUT2D eigenvalue weighted by Crippen LogP contribution is 2.23. The van der Waals surface area contributed by atoms with Crippen LogP contribution in [0.1, 0.15) is 11.1 Å². The quantitative estimate of drug-likeness (QED) is 0.468. The molecule has 0 unspecified atom stereocenters. The highest BCUT2D eigenvalue weighted by atomic mass is 32.2. The third kappa shape index (κ3) is 3.63. The van der Waals surface area contributed by atoms with Gasteiger partial charge in [0.1, 0.15) is 5.03 Å². The minimum Gasteiger partial charge on any atom is -0.494 e. The van der Waals surface area contributed by atoms with Gasteiger partial charge >= 0.3 is 5.69 Å². The van der Waals surface area contributed by atoms with E-state index in [1.165, 1.54) is 40.1 Å². The maximum absolute atomic E-state index is 13.9. The molecule has 8 heteroatoms. The Kier molecular flexibility index (Phi) is 5.12. The molecule has 28 heavy (non-hydrogen) atoms. The first-order valence-corrected chi connectivity index (χ1v) is 9.57. The molecule has 0 bridgehead atoms. The van der Waals surface area contributed by atoms with E-state index in [-0.39, 0.29) is 18.0 Å². The number of halogens is 1. The summed E-state index contributed by atoms with van der Waals surface area (Å²) >= 11 is 1.52. The topological polar surface area (TPSA) is 61.4 Å². The maximum Gasteiger partial charge on any atom is 0.350 e. The Bertz CT molecular complexity index is 1170. The van der Waals surface area contributed by atoms with Crippen LogP contribution in [0.3, 0.4) is 0 Å². The third-order valence-corrected chi connectivity index (χ3v) is 5.28. The molecule has 142 valence electrons. The summed E-state index contributed by atoms with van der Waals surface area (Å²) in [7, 11) is 1.41. The monoisotopic (exact) mass is 396 g/mol. The van der Waals surface area contributed by atoms with Crippen molar-refractivity contribution >= 4 is 17.4 Å². The molecule has 6 nitrogen and oxygen atoms in total. The Balaban J connectivity index is 1.63. The van der Waals surface area contributed by atoms with Crippen LogP contribution in [-0.4, -0.2) is 26.3 Å². The van der Waals surface area contributed by atoms with Crippen LogP contribution >= 0.6 is 11.8 Å². The van der Waals surface area contributed by atoms with E-state index < -0.39 is 5.82 Å². The molecule has 0 spiro atoms. The van der Waals surface area contributed by atoms with Gasteiger partial charge in [0.2, 0.25) is 0 Å². The largest absolute Gasteiger partial charge is 0.494 e. The highest BCUT2D eigenvalue weighted by Gasteiger charge is 2.13. The molecule has 2 aromatic carbocycles. The number of hydrogen-bond donors (Lipinski definition) is 0. The van der Waals surface area contributed by atoms with Crippen molar-refractivity contribution in [2.45, 2.75) is 17.3 Å². The fraction of sp³-hybridized carbons (Fsp3) is 0.150. The van der Waals surface area contributed by atoms with Crippen LogP contribution in [0, 0.1) is 5.82 Å². The summed E-state index contributed by atoms with van der Waals surface area (Å²) in [5, 5.41) is 5.09. The second-order valence-electron chi connectivity index (χ2n) is 6.11. The van der Waals surface area contributed by atoms with Crippen LogP contribution in [0.15, 0.2) is 70.7 Å². The summed E-state index contributed by atoms with van der Waals surface area (Å²) in [6, 6.07) is 14.6. The molecule has 0 aliphatic carbocycles. The van der Waals surface area contributed by atoms with Crippen LogP contribution in [0.25, 0.3) is 5.65 Å². The molecule has 0 atom stereocenters. The SMILES string of the molecule is COc1ccc(Cn2nc3c(SCc4ccccc4)nccn3c2=O)cc1F. The zero-order chi connectivity index (χ0) is 19.5. The van der Waals surface area contributed by atoms with Crippen LogP contribution in [-0.2, 0) is 12.3 Å². The average Bonchev–Trinajstić information content (AvgIpc) is 3.03. The van der Waals surface area contributed by atoms with Gasteiger partial charge in [0.15, 0.2) is 17.2 Å². The van der Waals surface area contributed by atoms with Crippen molar-refractivity contribution < 1.29 is 9.13 Å². The number of fused-ring (bicyclic) bond motifs is 1. The van der Waals surface area contributed by atoms with Gasteiger partial charge in [-0.15, -0.1) is 5.10 Å². The van der Waals surface area contributed by atoms with E-state index in [2.05, 4.69) is 10.1 Å². The Morgan fingerprint density at radius 2 is 1.96 bits per heavy atom. The van der Waals surface area contributed by atoms with E-state index in [1.807, 2.05) is 30.3 Å². The Hall–Kier alpha value is -3.13. The van der Waals surface area contributed by atoms with Gasteiger partial charge in [0.05, 0.1) is 13.7 Å². The lowest BCUT2D eigenvalue weighted by atomic mass is 10.2. The molecule has 0 radical (unpaired) electrons. The average molecular weight is 396 g/mol. The van der Waals surface area contributed by atoms with Crippen LogP contribution < -0.4 is 10.4 Å². The number of rotatable bonds is 6. The van der Waals surface area contributed by atoms with Crippen LogP contribution in [0.4, 0.5) is 4.39 Å². The maximum atomic E-state index is 13.9. The van der Waals surface area contributed by atoms with Gasteiger partial charge in [0, 0.05) is 18.1 Å². The highest BCUT2D eigenvalue weighted by molar-refractivity contribution is 7.98. The van der Waals surface area contributed by atoms with Crippen molar-refractivity contribution in [2.24, 2.45) is 0 Å². The van der Waals surface area contributed by atoms with Crippen molar-refractivity contribution in [3.63, 3.8) is 0 Å². The van der Waals surface area contributed by atoms with Crippen molar-refractivity contribution in [2.75, 3.05) is 7.11 Å². The van der Waals surface area contributed by atoms with Crippen molar-refractivity contribution in [1.82, 2.24) is 19.2 Å². The lowest BCUT2D eigenvalue weighted by molar-refractivity contribution is 0.386. The number of hydrogen-bond acceptors (Lipinski definition) is 5. The summed E-state index contributed by atoms with van der Waals surface area (Å²) in [6.07, 6.45) is 3.17. The van der Waals surface area contributed by atoms with Gasteiger partial charge in [-0.3, -0.25) is 0 Å². The summed E-state index contributed by atoms with van der Waals surface area (Å²) in [5.41, 5.74) is 1.97. The first kappa shape index (κ1) is 18.2. The van der Waals surface area contributed by atoms with Gasteiger partial charge < -0.3 is 4.74 Å². The molecular formula is C20H17FN4O2S. The van der Waals surface area contributed by atoms with Gasteiger partial charge in [-0.25, -0.2) is 23.3 Å². The van der Waals surface area contributed by atoms with E-state index in [1.54, 1.807) is 18.5 Å². The number of aromatic nitrogens is 4. The van der Waals surface area contributed by atoms with E-state index >= 15 is 0 Å². The van der Waals surface area contributed by atoms with Gasteiger partial charge in [-0.1, -0.05) is 48.2 Å². The fourth-order valence-corrected chi connectivity index (χ4v) is 3.74. The smallest absolute Gasteiger partial charge is 0.350 e. The molecule has 0 fully saturated rings. The van der Waals surface area contributed by atoms with Crippen molar-refractivity contribution in [3.8, 4) is 5.75 Å². The standard InChI is InChI=1S/C20H17FN4O2S/c1-27-17-8-7-15(11-16(17)21)12-25-20(26)24-10-9-22-19(18(24)23-25)28-13-14-5-3-2-4-6-14/h2-11H,12-13H2,1H3. The van der Waals surface area contributed by atoms with E-state index in [9.17, 15) is 9.18 Å². The molecule has 2 heterocycles. The Morgan fingerprint density at radius 3 is 2.71 bits per heavy atom. The molecule has 2 aromatic heterocycles. The van der Waals surface area contributed by atoms with Gasteiger partial charge in [0.25, 0.3) is 0 Å². The summed E-state index contributed by atoms with van der Waals surface area (Å²) in [4.78, 5) is 17.0. The summed E-state index contributed by atoms with van der Waals surface area (Å²) < 4.78 is 21.6. The van der Waals surface area contributed by atoms with Gasteiger partial charge in [-0.2, -0.15) is 0 Å². The summed E-state index contributed by atoms with van der Waals surface area (Å²) in [6.45, 7) is 0.157. The lowest BCUT2D eigenvalue weighted by Crippen LogP contribution is -2.21. The molecule has 0 amide bonds. The molecule has 0 saturated heterocycles. The normalized spacial score (nSPS) is 11.1. The van der Waals surface area contributed by atoms with E-state index in [0.29, 0.717) is 16.2 Å². The first-order valence-electron chi connectivity index (χ1n) is 8.59. The second-order valence-corrected chi connectivity index (χ2v) is 7.07. The molecule has 4 aromatic rings. The van der Waals surface area contributed by atoms with Crippen LogP contribution in [0.5, 0.6) is 5.75 Å². The van der Waals surface area contributed by atoms with Crippen molar-refractivity contribution in [3.05, 3.63) is 88.4 Å². The first-order chi connectivity index (χ1) is 13.7. The minimum absolute atomic E-state index is 0.157. The van der Waals surface area contributed by atoms with E-state index in [0.717, 1.165) is 11.3 Å². The number of benzene rings is 2. The Morgan fingerprint density at radius 1 is 1.14 bits per heavy atom. The molecule has 4 rings (SSSR count). The molecule has 0 N–H and O–H groups in total.